The third-order valence-corrected chi connectivity index (χ3v) is 17.5. The molecule has 6 fully saturated rings. The molecule has 2 bridgehead atoms. The van der Waals surface area contributed by atoms with Crippen molar-refractivity contribution in [2.45, 2.75) is 90.6 Å². The quantitative estimate of drug-likeness (QED) is 0.0812. The van der Waals surface area contributed by atoms with Gasteiger partial charge in [-0.1, -0.05) is 32.0 Å². The molecular weight excluding hydrogens is 926 g/mol. The van der Waals surface area contributed by atoms with E-state index < -0.39 is 11.9 Å². The monoisotopic (exact) mass is 994 g/mol. The van der Waals surface area contributed by atoms with Crippen LogP contribution in [-0.4, -0.2) is 139 Å². The molecule has 0 radical (unpaired) electrons. The largest absolute Gasteiger partial charge is 0.468 e. The van der Waals surface area contributed by atoms with Crippen LogP contribution in [-0.2, 0) is 27.3 Å². The van der Waals surface area contributed by atoms with Crippen molar-refractivity contribution >= 4 is 50.9 Å². The molecule has 3 atom stereocenters. The lowest BCUT2D eigenvalue weighted by Gasteiger charge is -2.45. The Morgan fingerprint density at radius 2 is 1.62 bits per heavy atom. The van der Waals surface area contributed by atoms with Gasteiger partial charge in [0, 0.05) is 101 Å². The van der Waals surface area contributed by atoms with Gasteiger partial charge in [0.25, 0.3) is 5.91 Å². The Hall–Kier alpha value is -5.97. The molecule has 73 heavy (non-hydrogen) atoms. The zero-order chi connectivity index (χ0) is 50.0. The average Bonchev–Trinajstić information content (AvgIpc) is 3.98. The number of aromatic nitrogens is 3. The molecule has 2 saturated carbocycles. The molecule has 4 saturated heterocycles. The molecule has 5 aromatic rings. The molecule has 15 nitrogen and oxygen atoms in total. The van der Waals surface area contributed by atoms with Gasteiger partial charge < -0.3 is 33.8 Å². The molecule has 2 aliphatic carbocycles. The Balaban J connectivity index is 0.697. The lowest BCUT2D eigenvalue weighted by Crippen LogP contribution is -2.52. The summed E-state index contributed by atoms with van der Waals surface area (Å²) in [5, 5.41) is 4.90. The van der Waals surface area contributed by atoms with Gasteiger partial charge in [-0.15, -0.1) is 0 Å². The van der Waals surface area contributed by atoms with E-state index >= 15 is 4.39 Å². The molecule has 7 aliphatic rings. The van der Waals surface area contributed by atoms with Crippen LogP contribution in [0.1, 0.15) is 93.1 Å². The topological polar surface area (TPSA) is 146 Å². The van der Waals surface area contributed by atoms with Crippen LogP contribution < -0.4 is 24.6 Å². The van der Waals surface area contributed by atoms with Crippen LogP contribution in [0.5, 0.6) is 11.8 Å². The normalized spacial score (nSPS) is 23.9. The van der Waals surface area contributed by atoms with E-state index in [1.54, 1.807) is 18.2 Å². The van der Waals surface area contributed by atoms with E-state index in [0.717, 1.165) is 125 Å². The number of carbonyl (C=O) groups excluding carboxylic acids is 3. The number of amides is 3. The molecule has 0 spiro atoms. The second-order valence-corrected chi connectivity index (χ2v) is 22.7. The summed E-state index contributed by atoms with van der Waals surface area (Å²) in [4.78, 5) is 64.1. The number of rotatable bonds is 15. The summed E-state index contributed by atoms with van der Waals surface area (Å²) in [7, 11) is 1.58. The van der Waals surface area contributed by atoms with Gasteiger partial charge in [0.2, 0.25) is 11.8 Å². The molecule has 5 aliphatic heterocycles. The number of ether oxygens (including phenoxy) is 3. The highest BCUT2D eigenvalue weighted by atomic mass is 19.1. The Bertz CT molecular complexity index is 2960. The lowest BCUT2D eigenvalue weighted by atomic mass is 9.79. The van der Waals surface area contributed by atoms with Crippen LogP contribution in [0.15, 0.2) is 54.7 Å². The Labute approximate surface area is 426 Å². The van der Waals surface area contributed by atoms with E-state index in [-0.39, 0.29) is 59.0 Å². The minimum atomic E-state index is -0.608. The number of nitrogens with one attached hydrogen (secondary N) is 1. The number of pyridine rings is 1. The van der Waals surface area contributed by atoms with Gasteiger partial charge in [-0.3, -0.25) is 29.6 Å². The van der Waals surface area contributed by atoms with E-state index in [4.69, 9.17) is 29.2 Å². The van der Waals surface area contributed by atoms with Gasteiger partial charge >= 0.3 is 6.01 Å². The molecule has 12 rings (SSSR count). The fourth-order valence-electron chi connectivity index (χ4n) is 13.2. The van der Waals surface area contributed by atoms with Crippen LogP contribution in [0.25, 0.3) is 32.9 Å². The number of benzene rings is 3. The first-order valence-electron chi connectivity index (χ1n) is 26.8. The van der Waals surface area contributed by atoms with Gasteiger partial charge in [-0.25, -0.2) is 4.39 Å². The third-order valence-electron chi connectivity index (χ3n) is 17.5. The number of halogens is 1. The van der Waals surface area contributed by atoms with E-state index in [1.807, 2.05) is 36.4 Å². The molecule has 2 aromatic heterocycles. The molecule has 3 amide bonds. The Morgan fingerprint density at radius 3 is 2.36 bits per heavy atom. The maximum atomic E-state index is 17.5. The van der Waals surface area contributed by atoms with Crippen molar-refractivity contribution in [2.24, 2.45) is 22.7 Å². The first-order chi connectivity index (χ1) is 35.4. The van der Waals surface area contributed by atoms with E-state index in [9.17, 15) is 14.4 Å². The van der Waals surface area contributed by atoms with Crippen molar-refractivity contribution in [3.05, 3.63) is 77.2 Å². The van der Waals surface area contributed by atoms with Crippen molar-refractivity contribution < 1.29 is 33.0 Å². The highest BCUT2D eigenvalue weighted by molar-refractivity contribution is 6.06. The van der Waals surface area contributed by atoms with E-state index in [1.165, 1.54) is 19.3 Å². The summed E-state index contributed by atoms with van der Waals surface area (Å²) in [6, 6.07) is 15.7. The number of hydrogen-bond donors (Lipinski definition) is 1. The standard InChI is InChI=1S/C57H68FN9O6/c1-4-38-6-5-7-39-26-42(73-35-71-3)27-44(48(38)39)50-49(58)51-45(28-59-50)52(66-29-36-8-9-37(24-36)30-66)62-55(61-51)72-34-57(14-15-57)33-63-18-16-56(2,17-19-63)32-64-20-22-65(23-21-64)41-10-11-43-40(25-41)31-67(54(43)70)46-12-13-47(68)60-53(46)69/h5-7,10-11,25-28,36-37,46H,4,8-9,12-24,29-35H2,1-3H3,(H,60,68,69)/t36?,37?,46-/m0/s1. The van der Waals surface area contributed by atoms with Gasteiger partial charge in [-0.05, 0) is 140 Å². The van der Waals surface area contributed by atoms with Crippen LogP contribution in [0.3, 0.4) is 0 Å². The zero-order valence-corrected chi connectivity index (χ0v) is 42.6. The number of fused-ring (bicyclic) bond motifs is 5. The second kappa shape index (κ2) is 19.4. The smallest absolute Gasteiger partial charge is 0.319 e. The zero-order valence-electron chi connectivity index (χ0n) is 42.6. The van der Waals surface area contributed by atoms with Crippen molar-refractivity contribution in [2.75, 3.05) is 95.8 Å². The molecule has 16 heteroatoms. The molecule has 3 aromatic carbocycles. The van der Waals surface area contributed by atoms with Crippen molar-refractivity contribution in [3.63, 3.8) is 0 Å². The lowest BCUT2D eigenvalue weighted by molar-refractivity contribution is -0.136. The molecule has 1 N–H and O–H groups in total. The maximum absolute atomic E-state index is 17.5. The minimum Gasteiger partial charge on any atom is -0.468 e. The number of hydrogen-bond acceptors (Lipinski definition) is 13. The summed E-state index contributed by atoms with van der Waals surface area (Å²) in [6.07, 6.45) is 11.2. The van der Waals surface area contributed by atoms with Gasteiger partial charge in [0.05, 0.1) is 12.0 Å². The number of methoxy groups -OCH3 is 1. The first-order valence-corrected chi connectivity index (χ1v) is 26.8. The van der Waals surface area contributed by atoms with Crippen LogP contribution >= 0.6 is 0 Å². The van der Waals surface area contributed by atoms with Gasteiger partial charge in [0.15, 0.2) is 12.6 Å². The van der Waals surface area contributed by atoms with Crippen molar-refractivity contribution in [1.29, 1.82) is 0 Å². The van der Waals surface area contributed by atoms with E-state index in [2.05, 4.69) is 50.9 Å². The van der Waals surface area contributed by atoms with Gasteiger partial charge in [0.1, 0.15) is 28.8 Å². The molecule has 384 valence electrons. The van der Waals surface area contributed by atoms with Gasteiger partial charge in [-0.2, -0.15) is 9.97 Å². The average molecular weight is 994 g/mol. The third kappa shape index (κ3) is 9.48. The summed E-state index contributed by atoms with van der Waals surface area (Å²) >= 11 is 0. The number of carbonyl (C=O) groups is 3. The summed E-state index contributed by atoms with van der Waals surface area (Å²) < 4.78 is 35.3. The molecule has 7 heterocycles. The Kier molecular flexibility index (Phi) is 12.7. The SMILES string of the molecule is CCc1cccc2cc(OCOC)cc(-c3ncc4c(N5CC6CCC(C6)C5)nc(OCC5(CN6CCC(C)(CN7CCN(c8ccc9c(c8)CN([C@H]8CCC(=O)NC8=O)C9=O)CC7)CC6)CC5)nc4c3F)c12. The number of piperazine rings is 1. The number of piperidine rings is 3. The maximum Gasteiger partial charge on any atom is 0.319 e. The Morgan fingerprint density at radius 1 is 0.836 bits per heavy atom. The second-order valence-electron chi connectivity index (χ2n) is 22.7. The predicted molar refractivity (Wildman–Crippen MR) is 277 cm³/mol. The fraction of sp³-hybridized carbons (Fsp3) is 0.544. The van der Waals surface area contributed by atoms with Crippen LogP contribution in [0, 0.1) is 28.5 Å². The molecule has 2 unspecified atom stereocenters. The molecular formula is C57H68FN9O6. The number of anilines is 2. The van der Waals surface area contributed by atoms with Crippen LogP contribution in [0.2, 0.25) is 0 Å². The fourth-order valence-corrected chi connectivity index (χ4v) is 13.2. The highest BCUT2D eigenvalue weighted by Gasteiger charge is 2.47. The first kappa shape index (κ1) is 48.0. The van der Waals surface area contributed by atoms with E-state index in [0.29, 0.717) is 59.5 Å². The minimum absolute atomic E-state index is 0.0148. The van der Waals surface area contributed by atoms with Crippen molar-refractivity contribution in [3.8, 4) is 23.0 Å². The van der Waals surface area contributed by atoms with Crippen molar-refractivity contribution in [1.82, 2.24) is 35.0 Å². The highest BCUT2D eigenvalue weighted by Crippen LogP contribution is 2.48. The summed E-state index contributed by atoms with van der Waals surface area (Å²) in [5.74, 6) is 1.22. The predicted octanol–water partition coefficient (Wildman–Crippen LogP) is 7.61. The van der Waals surface area contributed by atoms with Crippen LogP contribution in [0.4, 0.5) is 15.9 Å². The summed E-state index contributed by atoms with van der Waals surface area (Å²) in [6.45, 7) is 15.2. The number of imide groups is 1. The number of likely N-dealkylation sites (tertiary alicyclic amines) is 1. The number of aryl methyl sites for hydroxylation is 1. The number of nitrogens with zero attached hydrogens (tertiary/aromatic N) is 8. The summed E-state index contributed by atoms with van der Waals surface area (Å²) in [5.41, 5.74) is 5.16.